The van der Waals surface area contributed by atoms with Crippen LogP contribution in [-0.4, -0.2) is 40.0 Å². The lowest BCUT2D eigenvalue weighted by atomic mass is 9.92. The van der Waals surface area contributed by atoms with Crippen LogP contribution in [-0.2, 0) is 4.79 Å². The first kappa shape index (κ1) is 15.4. The van der Waals surface area contributed by atoms with Crippen molar-refractivity contribution in [1.82, 2.24) is 25.3 Å². The van der Waals surface area contributed by atoms with E-state index >= 15 is 0 Å². The molecule has 0 bridgehead atoms. The molecule has 4 rings (SSSR count). The van der Waals surface area contributed by atoms with Gasteiger partial charge in [-0.05, 0) is 18.4 Å². The van der Waals surface area contributed by atoms with Crippen LogP contribution >= 0.6 is 0 Å². The van der Waals surface area contributed by atoms with Gasteiger partial charge in [0.2, 0.25) is 5.91 Å². The Kier molecular flexibility index (Phi) is 4.32. The molecule has 1 amide bonds. The van der Waals surface area contributed by atoms with E-state index in [-0.39, 0.29) is 17.9 Å². The summed E-state index contributed by atoms with van der Waals surface area (Å²) in [5.74, 6) is 0.181. The highest BCUT2D eigenvalue weighted by Gasteiger charge is 2.37. The summed E-state index contributed by atoms with van der Waals surface area (Å²) in [6, 6.07) is 10.6. The monoisotopic (exact) mass is 325 g/mol. The van der Waals surface area contributed by atoms with E-state index < -0.39 is 0 Å². The zero-order valence-electron chi connectivity index (χ0n) is 13.6. The Hall–Kier alpha value is -2.18. The van der Waals surface area contributed by atoms with Crippen LogP contribution in [0.5, 0.6) is 0 Å². The molecule has 2 aromatic rings. The van der Waals surface area contributed by atoms with Crippen LogP contribution in [0.15, 0.2) is 49.1 Å². The number of rotatable bonds is 3. The highest BCUT2D eigenvalue weighted by atomic mass is 16.2. The molecule has 1 aromatic heterocycles. The summed E-state index contributed by atoms with van der Waals surface area (Å²) >= 11 is 0. The van der Waals surface area contributed by atoms with Crippen molar-refractivity contribution in [3.05, 3.63) is 54.6 Å². The third kappa shape index (κ3) is 2.95. The fourth-order valence-electron chi connectivity index (χ4n) is 3.82. The molecule has 3 atom stereocenters. The van der Waals surface area contributed by atoms with Crippen LogP contribution in [0.25, 0.3) is 0 Å². The lowest BCUT2D eigenvalue weighted by Crippen LogP contribution is -2.45. The molecule has 1 aromatic carbocycles. The largest absolute Gasteiger partial charge is 0.340 e. The maximum atomic E-state index is 13.1. The van der Waals surface area contributed by atoms with E-state index in [1.807, 2.05) is 35.6 Å². The number of benzene rings is 1. The van der Waals surface area contributed by atoms with Crippen molar-refractivity contribution in [2.24, 2.45) is 5.92 Å². The van der Waals surface area contributed by atoms with Gasteiger partial charge in [0.25, 0.3) is 0 Å². The first-order valence-corrected chi connectivity index (χ1v) is 8.62. The minimum atomic E-state index is -0.0612. The van der Waals surface area contributed by atoms with Gasteiger partial charge in [-0.3, -0.25) is 10.2 Å². The van der Waals surface area contributed by atoms with Gasteiger partial charge < -0.3 is 9.47 Å². The number of nitrogens with zero attached hydrogens (tertiary/aromatic N) is 3. The van der Waals surface area contributed by atoms with E-state index in [0.29, 0.717) is 12.6 Å². The van der Waals surface area contributed by atoms with Gasteiger partial charge in [-0.15, -0.1) is 0 Å². The molecular formula is C18H23N5O. The molecule has 24 heavy (non-hydrogen) atoms. The third-order valence-corrected chi connectivity index (χ3v) is 5.11. The molecule has 0 spiro atoms. The zero-order valence-corrected chi connectivity index (χ0v) is 13.6. The Labute approximate surface area is 141 Å². The van der Waals surface area contributed by atoms with Gasteiger partial charge in [0.1, 0.15) is 0 Å². The normalized spacial score (nSPS) is 27.3. The first-order valence-electron chi connectivity index (χ1n) is 8.62. The SMILES string of the molecule is O=C(C1CNNC1c1ccccc1)N1CCCC(n2ccnc2)C1. The average Bonchev–Trinajstić information content (AvgIpc) is 3.34. The summed E-state index contributed by atoms with van der Waals surface area (Å²) in [4.78, 5) is 19.3. The molecular weight excluding hydrogens is 302 g/mol. The smallest absolute Gasteiger partial charge is 0.229 e. The van der Waals surface area contributed by atoms with Gasteiger partial charge in [0.05, 0.1) is 24.3 Å². The van der Waals surface area contributed by atoms with E-state index in [4.69, 9.17) is 0 Å². The predicted molar refractivity (Wildman–Crippen MR) is 90.9 cm³/mol. The van der Waals surface area contributed by atoms with Gasteiger partial charge in [-0.1, -0.05) is 30.3 Å². The van der Waals surface area contributed by atoms with Crippen molar-refractivity contribution in [2.75, 3.05) is 19.6 Å². The van der Waals surface area contributed by atoms with Gasteiger partial charge in [-0.25, -0.2) is 10.4 Å². The molecule has 3 unspecified atom stereocenters. The Balaban J connectivity index is 1.48. The molecule has 3 heterocycles. The maximum absolute atomic E-state index is 13.1. The zero-order chi connectivity index (χ0) is 16.4. The third-order valence-electron chi connectivity index (χ3n) is 5.11. The maximum Gasteiger partial charge on any atom is 0.229 e. The highest BCUT2D eigenvalue weighted by molar-refractivity contribution is 5.80. The first-order chi connectivity index (χ1) is 11.8. The van der Waals surface area contributed by atoms with Gasteiger partial charge >= 0.3 is 0 Å². The van der Waals surface area contributed by atoms with Gasteiger partial charge in [0.15, 0.2) is 0 Å². The summed E-state index contributed by atoms with van der Waals surface area (Å²) in [7, 11) is 0. The molecule has 2 saturated heterocycles. The standard InChI is InChI=1S/C18H23N5O/c24-18(16-11-20-21-17(16)14-5-2-1-3-6-14)22-9-4-7-15(12-22)23-10-8-19-13-23/h1-3,5-6,8,10,13,15-17,20-21H,4,7,9,11-12H2. The summed E-state index contributed by atoms with van der Waals surface area (Å²) in [5.41, 5.74) is 7.59. The number of hydrogen-bond acceptors (Lipinski definition) is 4. The second kappa shape index (κ2) is 6.75. The van der Waals surface area contributed by atoms with E-state index in [9.17, 15) is 4.79 Å². The fraction of sp³-hybridized carbons (Fsp3) is 0.444. The summed E-state index contributed by atoms with van der Waals surface area (Å²) < 4.78 is 2.12. The van der Waals surface area contributed by atoms with Crippen LogP contribution in [0.4, 0.5) is 0 Å². The van der Waals surface area contributed by atoms with E-state index in [1.54, 1.807) is 6.20 Å². The molecule has 0 aliphatic carbocycles. The predicted octanol–water partition coefficient (Wildman–Crippen LogP) is 1.51. The van der Waals surface area contributed by atoms with E-state index in [1.165, 1.54) is 0 Å². The molecule has 0 radical (unpaired) electrons. The van der Waals surface area contributed by atoms with Crippen molar-refractivity contribution in [3.8, 4) is 0 Å². The number of nitrogens with one attached hydrogen (secondary N) is 2. The Morgan fingerprint density at radius 3 is 2.92 bits per heavy atom. The average molecular weight is 325 g/mol. The number of likely N-dealkylation sites (tertiary alicyclic amines) is 1. The number of piperidine rings is 1. The second-order valence-corrected chi connectivity index (χ2v) is 6.61. The summed E-state index contributed by atoms with van der Waals surface area (Å²) in [6.07, 6.45) is 7.78. The number of hydrogen-bond donors (Lipinski definition) is 2. The molecule has 2 aliphatic heterocycles. The molecule has 2 fully saturated rings. The Morgan fingerprint density at radius 1 is 1.25 bits per heavy atom. The number of imidazole rings is 1. The number of carbonyl (C=O) groups excluding carboxylic acids is 1. The number of amides is 1. The van der Waals surface area contributed by atoms with Crippen molar-refractivity contribution in [2.45, 2.75) is 24.9 Å². The molecule has 6 heteroatoms. The summed E-state index contributed by atoms with van der Waals surface area (Å²) in [5, 5.41) is 0. The quantitative estimate of drug-likeness (QED) is 0.898. The summed E-state index contributed by atoms with van der Waals surface area (Å²) in [6.45, 7) is 2.29. The van der Waals surface area contributed by atoms with E-state index in [0.717, 1.165) is 31.5 Å². The van der Waals surface area contributed by atoms with Crippen LogP contribution in [0, 0.1) is 5.92 Å². The van der Waals surface area contributed by atoms with Crippen molar-refractivity contribution in [1.29, 1.82) is 0 Å². The number of hydrazine groups is 1. The Bertz CT molecular complexity index is 672. The van der Waals surface area contributed by atoms with E-state index in [2.05, 4.69) is 32.5 Å². The van der Waals surface area contributed by atoms with Crippen LogP contribution < -0.4 is 10.9 Å². The topological polar surface area (TPSA) is 62.2 Å². The van der Waals surface area contributed by atoms with Crippen molar-refractivity contribution in [3.63, 3.8) is 0 Å². The minimum Gasteiger partial charge on any atom is -0.340 e. The Morgan fingerprint density at radius 2 is 2.12 bits per heavy atom. The van der Waals surface area contributed by atoms with Crippen LogP contribution in [0.2, 0.25) is 0 Å². The van der Waals surface area contributed by atoms with Crippen LogP contribution in [0.1, 0.15) is 30.5 Å². The lowest BCUT2D eigenvalue weighted by molar-refractivity contribution is -0.137. The fourth-order valence-corrected chi connectivity index (χ4v) is 3.82. The molecule has 2 aliphatic rings. The molecule has 6 nitrogen and oxygen atoms in total. The molecule has 0 saturated carbocycles. The number of aromatic nitrogens is 2. The lowest BCUT2D eigenvalue weighted by Gasteiger charge is -2.35. The van der Waals surface area contributed by atoms with Gasteiger partial charge in [-0.2, -0.15) is 0 Å². The molecule has 126 valence electrons. The highest BCUT2D eigenvalue weighted by Crippen LogP contribution is 2.29. The van der Waals surface area contributed by atoms with Crippen LogP contribution in [0.3, 0.4) is 0 Å². The number of carbonyl (C=O) groups is 1. The minimum absolute atomic E-state index is 0.0346. The molecule has 2 N–H and O–H groups in total. The van der Waals surface area contributed by atoms with Gasteiger partial charge in [0, 0.05) is 32.0 Å². The second-order valence-electron chi connectivity index (χ2n) is 6.61. The van der Waals surface area contributed by atoms with Crippen molar-refractivity contribution < 1.29 is 4.79 Å². The van der Waals surface area contributed by atoms with Crippen molar-refractivity contribution >= 4 is 5.91 Å².